The Morgan fingerprint density at radius 2 is 1.91 bits per heavy atom. The summed E-state index contributed by atoms with van der Waals surface area (Å²) in [5.41, 5.74) is 0.999. The smallest absolute Gasteiger partial charge is 0.410 e. The first-order valence-corrected chi connectivity index (χ1v) is 7.49. The Labute approximate surface area is 132 Å². The molecule has 0 spiro atoms. The van der Waals surface area contributed by atoms with Crippen molar-refractivity contribution in [3.8, 4) is 5.75 Å². The Kier molecular flexibility index (Phi) is 7.24. The molecule has 1 aromatic rings. The highest BCUT2D eigenvalue weighted by atomic mass is 16.6. The van der Waals surface area contributed by atoms with Crippen molar-refractivity contribution in [3.63, 3.8) is 0 Å². The molecule has 0 aliphatic rings. The van der Waals surface area contributed by atoms with Gasteiger partial charge in [0.15, 0.2) is 0 Å². The van der Waals surface area contributed by atoms with Crippen LogP contribution in [-0.2, 0) is 4.74 Å². The lowest BCUT2D eigenvalue weighted by Gasteiger charge is -2.28. The predicted octanol–water partition coefficient (Wildman–Crippen LogP) is 4.12. The van der Waals surface area contributed by atoms with Crippen LogP contribution in [0.15, 0.2) is 24.3 Å². The van der Waals surface area contributed by atoms with Crippen LogP contribution in [0.3, 0.4) is 0 Å². The maximum atomic E-state index is 12.1. The average molecular weight is 304 g/mol. The lowest BCUT2D eigenvalue weighted by Crippen LogP contribution is -2.34. The van der Waals surface area contributed by atoms with Crippen LogP contribution in [0.5, 0.6) is 5.75 Å². The van der Waals surface area contributed by atoms with Crippen LogP contribution in [0.4, 0.5) is 4.79 Å². The standard InChI is InChI=1S/C17H24N2O3/c1-6-19(17(20)21-11-13(2)3)14(4)15-7-9-16(10-8-15)22-12-18-5/h7-10,13-14H,6,11-12H2,1-4H3/t14-/m1/s1. The number of rotatable bonds is 7. The maximum Gasteiger partial charge on any atom is 0.410 e. The monoisotopic (exact) mass is 304 g/mol. The van der Waals surface area contributed by atoms with Crippen LogP contribution in [0.25, 0.3) is 4.85 Å². The average Bonchev–Trinajstić information content (AvgIpc) is 2.52. The fourth-order valence-electron chi connectivity index (χ4n) is 2.01. The SMILES string of the molecule is [C-]#[N+]COc1ccc([C@@H](C)N(CC)C(=O)OCC(C)C)cc1. The zero-order valence-corrected chi connectivity index (χ0v) is 13.7. The third-order valence-corrected chi connectivity index (χ3v) is 3.24. The first-order valence-electron chi connectivity index (χ1n) is 7.49. The fraction of sp³-hybridized carbons (Fsp3) is 0.529. The highest BCUT2D eigenvalue weighted by molar-refractivity contribution is 5.68. The minimum atomic E-state index is -0.294. The minimum Gasteiger partial charge on any atom is -0.449 e. The van der Waals surface area contributed by atoms with Crippen LogP contribution in [0.2, 0.25) is 0 Å². The van der Waals surface area contributed by atoms with Crippen molar-refractivity contribution >= 4 is 6.09 Å². The second-order valence-corrected chi connectivity index (χ2v) is 5.43. The van der Waals surface area contributed by atoms with Gasteiger partial charge >= 0.3 is 12.8 Å². The normalized spacial score (nSPS) is 11.6. The molecular formula is C17H24N2O3. The van der Waals surface area contributed by atoms with Crippen molar-refractivity contribution in [2.24, 2.45) is 5.92 Å². The van der Waals surface area contributed by atoms with Gasteiger partial charge in [0.05, 0.1) is 12.6 Å². The molecule has 5 heteroatoms. The van der Waals surface area contributed by atoms with E-state index in [0.29, 0.717) is 24.8 Å². The summed E-state index contributed by atoms with van der Waals surface area (Å²) in [5, 5.41) is 0. The van der Waals surface area contributed by atoms with Crippen LogP contribution in [0, 0.1) is 12.5 Å². The van der Waals surface area contributed by atoms with E-state index in [9.17, 15) is 4.79 Å². The van der Waals surface area contributed by atoms with E-state index in [1.54, 1.807) is 4.90 Å². The molecule has 0 saturated carbocycles. The summed E-state index contributed by atoms with van der Waals surface area (Å²) in [6.07, 6.45) is -0.294. The molecule has 1 amide bonds. The molecule has 0 N–H and O–H groups in total. The molecular weight excluding hydrogens is 280 g/mol. The second-order valence-electron chi connectivity index (χ2n) is 5.43. The first kappa shape index (κ1) is 17.8. The van der Waals surface area contributed by atoms with Gasteiger partial charge in [0.1, 0.15) is 5.75 Å². The summed E-state index contributed by atoms with van der Waals surface area (Å²) in [5.74, 6) is 0.967. The number of benzene rings is 1. The van der Waals surface area contributed by atoms with Gasteiger partial charge in [-0.05, 0) is 37.5 Å². The maximum absolute atomic E-state index is 12.1. The molecule has 0 fully saturated rings. The molecule has 0 aliphatic carbocycles. The van der Waals surface area contributed by atoms with E-state index in [1.165, 1.54) is 0 Å². The molecule has 0 saturated heterocycles. The summed E-state index contributed by atoms with van der Waals surface area (Å²) in [6, 6.07) is 7.35. The second kappa shape index (κ2) is 8.93. The highest BCUT2D eigenvalue weighted by Crippen LogP contribution is 2.23. The summed E-state index contributed by atoms with van der Waals surface area (Å²) in [6.45, 7) is 15.6. The van der Waals surface area contributed by atoms with Gasteiger partial charge in [-0.25, -0.2) is 11.4 Å². The largest absolute Gasteiger partial charge is 0.449 e. The van der Waals surface area contributed by atoms with E-state index in [1.807, 2.05) is 52.0 Å². The number of ether oxygens (including phenoxy) is 2. The van der Waals surface area contributed by atoms with Crippen molar-refractivity contribution in [3.05, 3.63) is 41.2 Å². The van der Waals surface area contributed by atoms with Gasteiger partial charge in [-0.2, -0.15) is 0 Å². The Balaban J connectivity index is 2.72. The summed E-state index contributed by atoms with van der Waals surface area (Å²) >= 11 is 0. The molecule has 0 heterocycles. The zero-order chi connectivity index (χ0) is 16.5. The molecule has 120 valence electrons. The third kappa shape index (κ3) is 5.28. The van der Waals surface area contributed by atoms with E-state index in [-0.39, 0.29) is 18.9 Å². The number of carbonyl (C=O) groups excluding carboxylic acids is 1. The zero-order valence-electron chi connectivity index (χ0n) is 13.7. The van der Waals surface area contributed by atoms with E-state index < -0.39 is 0 Å². The Hall–Kier alpha value is -2.22. The Bertz CT molecular complexity index is 506. The molecule has 0 radical (unpaired) electrons. The van der Waals surface area contributed by atoms with Crippen molar-refractivity contribution < 1.29 is 14.3 Å². The van der Waals surface area contributed by atoms with Crippen molar-refractivity contribution in [2.75, 3.05) is 19.9 Å². The summed E-state index contributed by atoms with van der Waals surface area (Å²) in [7, 11) is 0. The molecule has 0 aliphatic heterocycles. The number of hydrogen-bond donors (Lipinski definition) is 0. The van der Waals surface area contributed by atoms with Gasteiger partial charge in [-0.1, -0.05) is 26.0 Å². The van der Waals surface area contributed by atoms with E-state index in [4.69, 9.17) is 16.0 Å². The van der Waals surface area contributed by atoms with Gasteiger partial charge in [0, 0.05) is 6.54 Å². The summed E-state index contributed by atoms with van der Waals surface area (Å²) in [4.78, 5) is 17.0. The predicted molar refractivity (Wildman–Crippen MR) is 85.5 cm³/mol. The quantitative estimate of drug-likeness (QED) is 0.712. The van der Waals surface area contributed by atoms with Gasteiger partial charge in [0.25, 0.3) is 0 Å². The van der Waals surface area contributed by atoms with Crippen molar-refractivity contribution in [1.82, 2.24) is 4.90 Å². The van der Waals surface area contributed by atoms with E-state index in [0.717, 1.165) is 5.56 Å². The van der Waals surface area contributed by atoms with Gasteiger partial charge < -0.3 is 14.4 Å². The molecule has 0 unspecified atom stereocenters. The van der Waals surface area contributed by atoms with Crippen LogP contribution in [0.1, 0.15) is 39.3 Å². The molecule has 22 heavy (non-hydrogen) atoms. The number of carbonyl (C=O) groups is 1. The van der Waals surface area contributed by atoms with Crippen molar-refractivity contribution in [2.45, 2.75) is 33.7 Å². The number of amides is 1. The molecule has 1 atom stereocenters. The molecule has 5 nitrogen and oxygen atoms in total. The minimum absolute atomic E-state index is 0.0114. The molecule has 0 aromatic heterocycles. The number of hydrogen-bond acceptors (Lipinski definition) is 3. The van der Waals surface area contributed by atoms with E-state index >= 15 is 0 Å². The summed E-state index contributed by atoms with van der Waals surface area (Å²) < 4.78 is 10.5. The van der Waals surface area contributed by atoms with Gasteiger partial charge in [-0.3, -0.25) is 4.85 Å². The number of nitrogens with zero attached hydrogens (tertiary/aromatic N) is 2. The van der Waals surface area contributed by atoms with Crippen LogP contribution in [-0.4, -0.2) is 30.9 Å². The molecule has 1 rings (SSSR count). The molecule has 0 bridgehead atoms. The van der Waals surface area contributed by atoms with Gasteiger partial charge in [-0.15, -0.1) is 0 Å². The Morgan fingerprint density at radius 1 is 1.27 bits per heavy atom. The van der Waals surface area contributed by atoms with Gasteiger partial charge in [0.2, 0.25) is 0 Å². The highest BCUT2D eigenvalue weighted by Gasteiger charge is 2.21. The molecule has 1 aromatic carbocycles. The lowest BCUT2D eigenvalue weighted by molar-refractivity contribution is 0.0816. The van der Waals surface area contributed by atoms with Crippen LogP contribution >= 0.6 is 0 Å². The first-order chi connectivity index (χ1) is 10.5. The third-order valence-electron chi connectivity index (χ3n) is 3.24. The fourth-order valence-corrected chi connectivity index (χ4v) is 2.01. The van der Waals surface area contributed by atoms with Crippen molar-refractivity contribution in [1.29, 1.82) is 0 Å². The van der Waals surface area contributed by atoms with E-state index in [2.05, 4.69) is 4.85 Å². The van der Waals surface area contributed by atoms with Crippen LogP contribution < -0.4 is 4.74 Å². The topological polar surface area (TPSA) is 43.1 Å². The lowest BCUT2D eigenvalue weighted by atomic mass is 10.1. The Morgan fingerprint density at radius 3 is 2.41 bits per heavy atom.